The minimum absolute atomic E-state index is 0. The van der Waals surface area contributed by atoms with Crippen LogP contribution >= 0.6 is 24.0 Å². The third-order valence-electron chi connectivity index (χ3n) is 4.73. The molecule has 6 nitrogen and oxygen atoms in total. The van der Waals surface area contributed by atoms with Crippen LogP contribution in [0.25, 0.3) is 10.9 Å². The van der Waals surface area contributed by atoms with Crippen LogP contribution in [-0.2, 0) is 0 Å². The molecule has 2 fully saturated rings. The maximum atomic E-state index is 12.5. The first-order valence-electron chi connectivity index (χ1n) is 8.13. The average molecular weight is 384 g/mol. The number of halogens is 2. The Kier molecular flexibility index (Phi) is 4.95. The maximum absolute atomic E-state index is 12.5. The van der Waals surface area contributed by atoms with Gasteiger partial charge in [-0.1, -0.05) is 11.6 Å². The normalized spacial score (nSPS) is 17.4. The van der Waals surface area contributed by atoms with Crippen LogP contribution in [0.4, 0.5) is 5.69 Å². The van der Waals surface area contributed by atoms with Gasteiger partial charge in [-0.05, 0) is 25.0 Å². The second-order valence-electron chi connectivity index (χ2n) is 6.37. The first-order chi connectivity index (χ1) is 11.6. The number of carboxylic acids is 1. The summed E-state index contributed by atoms with van der Waals surface area (Å²) in [7, 11) is 0. The number of carbonyl (C=O) groups is 1. The molecule has 0 bridgehead atoms. The van der Waals surface area contributed by atoms with Gasteiger partial charge in [0.15, 0.2) is 0 Å². The highest BCUT2D eigenvalue weighted by Gasteiger charge is 2.27. The van der Waals surface area contributed by atoms with Crippen molar-refractivity contribution in [2.45, 2.75) is 18.9 Å². The molecule has 1 saturated heterocycles. The SMILES string of the molecule is Cl.O=C(O)c1cn(C2CC2)c2cc(N3CCNCC3)c(Cl)cc2c1=O. The summed E-state index contributed by atoms with van der Waals surface area (Å²) in [5.41, 5.74) is 1.01. The quantitative estimate of drug-likeness (QED) is 0.851. The number of pyridine rings is 1. The number of hydrogen-bond acceptors (Lipinski definition) is 4. The molecule has 25 heavy (non-hydrogen) atoms. The number of benzene rings is 1. The van der Waals surface area contributed by atoms with Crippen molar-refractivity contribution in [1.29, 1.82) is 0 Å². The summed E-state index contributed by atoms with van der Waals surface area (Å²) in [6, 6.07) is 3.83. The summed E-state index contributed by atoms with van der Waals surface area (Å²) in [5.74, 6) is -1.20. The lowest BCUT2D eigenvalue weighted by molar-refractivity contribution is 0.0695. The molecule has 1 aliphatic carbocycles. The maximum Gasteiger partial charge on any atom is 0.341 e. The van der Waals surface area contributed by atoms with E-state index >= 15 is 0 Å². The number of piperazine rings is 1. The van der Waals surface area contributed by atoms with Gasteiger partial charge in [-0.3, -0.25) is 4.79 Å². The topological polar surface area (TPSA) is 74.6 Å². The van der Waals surface area contributed by atoms with E-state index in [1.54, 1.807) is 6.07 Å². The molecule has 0 radical (unpaired) electrons. The summed E-state index contributed by atoms with van der Waals surface area (Å²) in [4.78, 5) is 26.1. The number of nitrogens with zero attached hydrogens (tertiary/aromatic N) is 2. The molecule has 2 heterocycles. The monoisotopic (exact) mass is 383 g/mol. The van der Waals surface area contributed by atoms with Gasteiger partial charge < -0.3 is 19.9 Å². The number of aromatic carboxylic acids is 1. The minimum Gasteiger partial charge on any atom is -0.477 e. The number of anilines is 1. The van der Waals surface area contributed by atoms with E-state index in [9.17, 15) is 14.7 Å². The van der Waals surface area contributed by atoms with Crippen molar-refractivity contribution in [1.82, 2.24) is 9.88 Å². The van der Waals surface area contributed by atoms with Gasteiger partial charge in [-0.2, -0.15) is 0 Å². The summed E-state index contributed by atoms with van der Waals surface area (Å²) in [6.45, 7) is 3.49. The molecule has 0 unspecified atom stereocenters. The van der Waals surface area contributed by atoms with Crippen molar-refractivity contribution in [3.63, 3.8) is 0 Å². The fraction of sp³-hybridized carbons (Fsp3) is 0.412. The molecule has 1 aliphatic heterocycles. The summed E-state index contributed by atoms with van der Waals surface area (Å²) < 4.78 is 1.93. The first kappa shape index (κ1) is 18.0. The second kappa shape index (κ2) is 6.86. The van der Waals surface area contributed by atoms with Crippen LogP contribution in [0.5, 0.6) is 0 Å². The lowest BCUT2D eigenvalue weighted by Crippen LogP contribution is -2.43. The molecule has 0 spiro atoms. The van der Waals surface area contributed by atoms with E-state index in [0.29, 0.717) is 10.4 Å². The second-order valence-corrected chi connectivity index (χ2v) is 6.78. The van der Waals surface area contributed by atoms with Gasteiger partial charge in [0, 0.05) is 43.8 Å². The van der Waals surface area contributed by atoms with Crippen LogP contribution in [0.3, 0.4) is 0 Å². The Balaban J connectivity index is 0.00000182. The van der Waals surface area contributed by atoms with Crippen molar-refractivity contribution < 1.29 is 9.90 Å². The molecule has 0 amide bonds. The van der Waals surface area contributed by atoms with Gasteiger partial charge >= 0.3 is 5.97 Å². The number of carboxylic acid groups (broad SMARTS) is 1. The van der Waals surface area contributed by atoms with Crippen LogP contribution in [0.15, 0.2) is 23.1 Å². The summed E-state index contributed by atoms with van der Waals surface area (Å²) >= 11 is 6.43. The minimum atomic E-state index is -1.20. The molecule has 2 aromatic rings. The number of nitrogens with one attached hydrogen (secondary N) is 1. The van der Waals surface area contributed by atoms with Crippen LogP contribution in [0.1, 0.15) is 29.2 Å². The fourth-order valence-electron chi connectivity index (χ4n) is 3.31. The van der Waals surface area contributed by atoms with Gasteiger partial charge in [-0.25, -0.2) is 4.79 Å². The number of aromatic nitrogens is 1. The highest BCUT2D eigenvalue weighted by Crippen LogP contribution is 2.39. The fourth-order valence-corrected chi connectivity index (χ4v) is 3.60. The van der Waals surface area contributed by atoms with Gasteiger partial charge in [0.25, 0.3) is 0 Å². The van der Waals surface area contributed by atoms with Crippen LogP contribution in [0.2, 0.25) is 5.02 Å². The molecule has 4 rings (SSSR count). The Hall–Kier alpha value is -1.76. The molecule has 1 saturated carbocycles. The largest absolute Gasteiger partial charge is 0.477 e. The molecule has 1 aromatic carbocycles. The van der Waals surface area contributed by atoms with E-state index in [-0.39, 0.29) is 24.0 Å². The van der Waals surface area contributed by atoms with Gasteiger partial charge in [0.2, 0.25) is 5.43 Å². The van der Waals surface area contributed by atoms with E-state index in [1.807, 2.05) is 10.6 Å². The van der Waals surface area contributed by atoms with Gasteiger partial charge in [-0.15, -0.1) is 12.4 Å². The van der Waals surface area contributed by atoms with Gasteiger partial charge in [0.05, 0.1) is 16.2 Å². The lowest BCUT2D eigenvalue weighted by atomic mass is 10.1. The van der Waals surface area contributed by atoms with E-state index in [0.717, 1.165) is 50.2 Å². The number of rotatable bonds is 3. The van der Waals surface area contributed by atoms with E-state index in [1.165, 1.54) is 6.20 Å². The van der Waals surface area contributed by atoms with Crippen LogP contribution in [-0.4, -0.2) is 41.8 Å². The smallest absolute Gasteiger partial charge is 0.341 e. The van der Waals surface area contributed by atoms with Crippen molar-refractivity contribution >= 4 is 46.6 Å². The van der Waals surface area contributed by atoms with Crippen molar-refractivity contribution in [2.24, 2.45) is 0 Å². The molecule has 1 aromatic heterocycles. The summed E-state index contributed by atoms with van der Waals surface area (Å²) in [6.07, 6.45) is 3.49. The van der Waals surface area contributed by atoms with Crippen LogP contribution in [0, 0.1) is 0 Å². The third-order valence-corrected chi connectivity index (χ3v) is 5.03. The van der Waals surface area contributed by atoms with Crippen molar-refractivity contribution in [3.05, 3.63) is 39.1 Å². The highest BCUT2D eigenvalue weighted by atomic mass is 35.5. The van der Waals surface area contributed by atoms with E-state index in [4.69, 9.17) is 11.6 Å². The Morgan fingerprint density at radius 3 is 2.52 bits per heavy atom. The zero-order valence-electron chi connectivity index (χ0n) is 13.5. The highest BCUT2D eigenvalue weighted by molar-refractivity contribution is 6.34. The third kappa shape index (κ3) is 3.21. The molecule has 8 heteroatoms. The van der Waals surface area contributed by atoms with Crippen molar-refractivity contribution in [3.8, 4) is 0 Å². The Morgan fingerprint density at radius 2 is 1.92 bits per heavy atom. The Morgan fingerprint density at radius 1 is 1.24 bits per heavy atom. The lowest BCUT2D eigenvalue weighted by Gasteiger charge is -2.30. The predicted molar refractivity (Wildman–Crippen MR) is 101 cm³/mol. The molecule has 2 aliphatic rings. The average Bonchev–Trinajstić information content (AvgIpc) is 3.40. The zero-order chi connectivity index (χ0) is 16.8. The summed E-state index contributed by atoms with van der Waals surface area (Å²) in [5, 5.41) is 13.5. The Labute approximate surface area is 155 Å². The Bertz CT molecular complexity index is 887. The number of fused-ring (bicyclic) bond motifs is 1. The van der Waals surface area contributed by atoms with Gasteiger partial charge in [0.1, 0.15) is 5.56 Å². The molecule has 0 atom stereocenters. The van der Waals surface area contributed by atoms with Crippen molar-refractivity contribution in [2.75, 3.05) is 31.1 Å². The molecule has 2 N–H and O–H groups in total. The molecular formula is C17H19Cl2N3O3. The van der Waals surface area contributed by atoms with E-state index < -0.39 is 11.4 Å². The molecular weight excluding hydrogens is 365 g/mol. The standard InChI is InChI=1S/C17H18ClN3O3.ClH/c18-13-7-11-14(8-15(13)20-5-3-19-4-6-20)21(10-1-2-10)9-12(16(11)22)17(23)24;/h7-10,19H,1-6H2,(H,23,24);1H. The predicted octanol–water partition coefficient (Wildman–Crippen LogP) is 2.52. The zero-order valence-corrected chi connectivity index (χ0v) is 15.1. The van der Waals surface area contributed by atoms with E-state index in [2.05, 4.69) is 10.2 Å². The first-order valence-corrected chi connectivity index (χ1v) is 8.51. The molecule has 134 valence electrons. The number of hydrogen-bond donors (Lipinski definition) is 2. The van der Waals surface area contributed by atoms with Crippen LogP contribution < -0.4 is 15.6 Å².